The Morgan fingerprint density at radius 2 is 2.21 bits per heavy atom. The summed E-state index contributed by atoms with van der Waals surface area (Å²) in [6.07, 6.45) is 3.06. The molecule has 19 heavy (non-hydrogen) atoms. The van der Waals surface area contributed by atoms with Crippen LogP contribution in [0, 0.1) is 0 Å². The third-order valence-corrected chi connectivity index (χ3v) is 3.26. The molecule has 2 unspecified atom stereocenters. The fourth-order valence-corrected chi connectivity index (χ4v) is 2.03. The lowest BCUT2D eigenvalue weighted by atomic mass is 10.1. The van der Waals surface area contributed by atoms with Crippen molar-refractivity contribution in [2.75, 3.05) is 13.3 Å². The molecule has 2 rings (SSSR count). The van der Waals surface area contributed by atoms with Crippen LogP contribution in [0.3, 0.4) is 0 Å². The minimum absolute atomic E-state index is 0.160. The lowest BCUT2D eigenvalue weighted by molar-refractivity contribution is 0.159. The molecule has 0 radical (unpaired) electrons. The molecule has 0 bridgehead atoms. The number of benzene rings is 1. The summed E-state index contributed by atoms with van der Waals surface area (Å²) in [7, 11) is 0. The van der Waals surface area contributed by atoms with Crippen molar-refractivity contribution in [2.45, 2.75) is 31.9 Å². The second kappa shape index (κ2) is 6.59. The van der Waals surface area contributed by atoms with Gasteiger partial charge in [-0.1, -0.05) is 12.1 Å². The van der Waals surface area contributed by atoms with Crippen molar-refractivity contribution >= 4 is 0 Å². The van der Waals surface area contributed by atoms with E-state index < -0.39 is 0 Å². The van der Waals surface area contributed by atoms with Gasteiger partial charge in [0.25, 0.3) is 0 Å². The van der Waals surface area contributed by atoms with E-state index in [1.54, 1.807) is 0 Å². The van der Waals surface area contributed by atoms with E-state index in [0.29, 0.717) is 13.3 Å². The van der Waals surface area contributed by atoms with Crippen molar-refractivity contribution in [1.29, 1.82) is 0 Å². The number of rotatable bonds is 7. The van der Waals surface area contributed by atoms with Crippen molar-refractivity contribution in [3.63, 3.8) is 0 Å². The van der Waals surface area contributed by atoms with Gasteiger partial charge < -0.3 is 19.9 Å². The predicted molar refractivity (Wildman–Crippen MR) is 74.4 cm³/mol. The lowest BCUT2D eigenvalue weighted by Gasteiger charge is -2.17. The van der Waals surface area contributed by atoms with E-state index >= 15 is 0 Å². The zero-order valence-corrected chi connectivity index (χ0v) is 11.3. The summed E-state index contributed by atoms with van der Waals surface area (Å²) >= 11 is 0. The van der Waals surface area contributed by atoms with Gasteiger partial charge in [0.05, 0.1) is 6.10 Å². The van der Waals surface area contributed by atoms with Gasteiger partial charge in [-0.25, -0.2) is 0 Å². The number of aliphatic hydroxyl groups is 1. The number of aliphatic hydroxyl groups excluding tert-OH is 1. The summed E-state index contributed by atoms with van der Waals surface area (Å²) in [5.41, 5.74) is 1.13. The predicted octanol–water partition coefficient (Wildman–Crippen LogP) is 2.39. The fourth-order valence-electron chi connectivity index (χ4n) is 2.03. The molecule has 0 aromatic heterocycles. The molecule has 4 nitrogen and oxygen atoms in total. The molecule has 0 amide bonds. The van der Waals surface area contributed by atoms with Crippen molar-refractivity contribution in [2.24, 2.45) is 0 Å². The van der Waals surface area contributed by atoms with Crippen LogP contribution in [-0.4, -0.2) is 24.5 Å². The second-order valence-corrected chi connectivity index (χ2v) is 4.76. The first kappa shape index (κ1) is 13.9. The SMILES string of the molecule is C=CCCC(O)CNC(C)c1ccc2c(c1)OCO2. The van der Waals surface area contributed by atoms with E-state index in [4.69, 9.17) is 9.47 Å². The Hall–Kier alpha value is -1.52. The molecule has 2 atom stereocenters. The molecule has 4 heteroatoms. The van der Waals surface area contributed by atoms with Crippen molar-refractivity contribution < 1.29 is 14.6 Å². The summed E-state index contributed by atoms with van der Waals surface area (Å²) in [4.78, 5) is 0. The van der Waals surface area contributed by atoms with Gasteiger partial charge in [0, 0.05) is 12.6 Å². The molecular formula is C15H21NO3. The molecule has 1 aliphatic rings. The van der Waals surface area contributed by atoms with Gasteiger partial charge >= 0.3 is 0 Å². The molecule has 0 fully saturated rings. The highest BCUT2D eigenvalue weighted by atomic mass is 16.7. The Morgan fingerprint density at radius 1 is 1.42 bits per heavy atom. The van der Waals surface area contributed by atoms with Gasteiger partial charge in [0.2, 0.25) is 6.79 Å². The van der Waals surface area contributed by atoms with E-state index in [1.807, 2.05) is 24.3 Å². The van der Waals surface area contributed by atoms with E-state index in [0.717, 1.165) is 29.9 Å². The summed E-state index contributed by atoms with van der Waals surface area (Å²) in [6.45, 7) is 6.58. The average molecular weight is 263 g/mol. The van der Waals surface area contributed by atoms with Crippen LogP contribution < -0.4 is 14.8 Å². The third kappa shape index (κ3) is 3.72. The first-order valence-corrected chi connectivity index (χ1v) is 6.62. The topological polar surface area (TPSA) is 50.7 Å². The molecule has 0 saturated carbocycles. The van der Waals surface area contributed by atoms with Gasteiger partial charge in [-0.15, -0.1) is 6.58 Å². The second-order valence-electron chi connectivity index (χ2n) is 4.76. The standard InChI is InChI=1S/C15H21NO3/c1-3-4-5-13(17)9-16-11(2)12-6-7-14-15(8-12)19-10-18-14/h3,6-8,11,13,16-17H,1,4-5,9-10H2,2H3. The molecule has 0 saturated heterocycles. The Morgan fingerprint density at radius 3 is 3.00 bits per heavy atom. The summed E-state index contributed by atoms with van der Waals surface area (Å²) in [6, 6.07) is 6.08. The van der Waals surface area contributed by atoms with Crippen LogP contribution in [0.25, 0.3) is 0 Å². The minimum Gasteiger partial charge on any atom is -0.454 e. The van der Waals surface area contributed by atoms with Crippen LogP contribution >= 0.6 is 0 Å². The molecule has 1 aliphatic heterocycles. The number of hydrogen-bond donors (Lipinski definition) is 2. The van der Waals surface area contributed by atoms with Crippen LogP contribution in [0.4, 0.5) is 0 Å². The zero-order valence-electron chi connectivity index (χ0n) is 11.3. The van der Waals surface area contributed by atoms with Gasteiger partial charge in [0.15, 0.2) is 11.5 Å². The van der Waals surface area contributed by atoms with Crippen molar-refractivity contribution in [1.82, 2.24) is 5.32 Å². The van der Waals surface area contributed by atoms with Gasteiger partial charge in [-0.3, -0.25) is 0 Å². The molecule has 1 aromatic rings. The lowest BCUT2D eigenvalue weighted by Crippen LogP contribution is -2.28. The minimum atomic E-state index is -0.338. The quantitative estimate of drug-likeness (QED) is 0.742. The maximum absolute atomic E-state index is 9.78. The monoisotopic (exact) mass is 263 g/mol. The molecular weight excluding hydrogens is 242 g/mol. The number of fused-ring (bicyclic) bond motifs is 1. The largest absolute Gasteiger partial charge is 0.454 e. The number of nitrogens with one attached hydrogen (secondary N) is 1. The molecule has 0 aliphatic carbocycles. The van der Waals surface area contributed by atoms with Crippen molar-refractivity contribution in [3.8, 4) is 11.5 Å². The van der Waals surface area contributed by atoms with Crippen LogP contribution in [0.1, 0.15) is 31.4 Å². The number of ether oxygens (including phenoxy) is 2. The summed E-state index contributed by atoms with van der Waals surface area (Å²) in [5.74, 6) is 1.58. The first-order chi connectivity index (χ1) is 9.20. The highest BCUT2D eigenvalue weighted by Gasteiger charge is 2.16. The van der Waals surface area contributed by atoms with Crippen LogP contribution in [-0.2, 0) is 0 Å². The summed E-state index contributed by atoms with van der Waals surface area (Å²) in [5, 5.41) is 13.1. The first-order valence-electron chi connectivity index (χ1n) is 6.62. The number of hydrogen-bond acceptors (Lipinski definition) is 4. The third-order valence-electron chi connectivity index (χ3n) is 3.26. The molecule has 2 N–H and O–H groups in total. The average Bonchev–Trinajstić information content (AvgIpc) is 2.89. The normalized spacial score (nSPS) is 16.1. The molecule has 1 aromatic carbocycles. The van der Waals surface area contributed by atoms with E-state index in [2.05, 4.69) is 18.8 Å². The molecule has 0 spiro atoms. The van der Waals surface area contributed by atoms with E-state index in [9.17, 15) is 5.11 Å². The Balaban J connectivity index is 1.86. The Labute approximate surface area is 114 Å². The van der Waals surface area contributed by atoms with Crippen LogP contribution in [0.15, 0.2) is 30.9 Å². The van der Waals surface area contributed by atoms with Gasteiger partial charge in [-0.05, 0) is 37.5 Å². The zero-order chi connectivity index (χ0) is 13.7. The molecule has 104 valence electrons. The number of allylic oxidation sites excluding steroid dienone is 1. The van der Waals surface area contributed by atoms with Crippen LogP contribution in [0.2, 0.25) is 0 Å². The highest BCUT2D eigenvalue weighted by Crippen LogP contribution is 2.34. The molecule has 1 heterocycles. The van der Waals surface area contributed by atoms with Crippen molar-refractivity contribution in [3.05, 3.63) is 36.4 Å². The Bertz CT molecular complexity index is 433. The maximum Gasteiger partial charge on any atom is 0.231 e. The van der Waals surface area contributed by atoms with E-state index in [-0.39, 0.29) is 12.1 Å². The van der Waals surface area contributed by atoms with Gasteiger partial charge in [0.1, 0.15) is 0 Å². The van der Waals surface area contributed by atoms with E-state index in [1.165, 1.54) is 0 Å². The smallest absolute Gasteiger partial charge is 0.231 e. The Kier molecular flexibility index (Phi) is 4.82. The highest BCUT2D eigenvalue weighted by molar-refractivity contribution is 5.45. The fraction of sp³-hybridized carbons (Fsp3) is 0.467. The van der Waals surface area contributed by atoms with Gasteiger partial charge in [-0.2, -0.15) is 0 Å². The maximum atomic E-state index is 9.78. The summed E-state index contributed by atoms with van der Waals surface area (Å²) < 4.78 is 10.6. The van der Waals surface area contributed by atoms with Crippen LogP contribution in [0.5, 0.6) is 11.5 Å².